The van der Waals surface area contributed by atoms with Crippen LogP contribution >= 0.6 is 0 Å². The van der Waals surface area contributed by atoms with E-state index >= 15 is 0 Å². The van der Waals surface area contributed by atoms with Crippen molar-refractivity contribution < 1.29 is 18.3 Å². The molecule has 106 valence electrons. The first-order chi connectivity index (χ1) is 8.45. The van der Waals surface area contributed by atoms with Gasteiger partial charge in [-0.1, -0.05) is 19.3 Å². The minimum Gasteiger partial charge on any atom is -0.394 e. The average Bonchev–Trinajstić information content (AvgIpc) is 2.81. The highest BCUT2D eigenvalue weighted by Gasteiger charge is 2.47. The number of hydrogen-bond donors (Lipinski definition) is 2. The summed E-state index contributed by atoms with van der Waals surface area (Å²) in [6.45, 7) is -0.184. The molecule has 2 nitrogen and oxygen atoms in total. The fourth-order valence-corrected chi connectivity index (χ4v) is 3.47. The molecule has 0 amide bonds. The molecule has 0 radical (unpaired) electrons. The van der Waals surface area contributed by atoms with E-state index in [1.165, 1.54) is 0 Å². The second-order valence-corrected chi connectivity index (χ2v) is 5.90. The summed E-state index contributed by atoms with van der Waals surface area (Å²) in [7, 11) is 0. The van der Waals surface area contributed by atoms with Gasteiger partial charge in [-0.3, -0.25) is 0 Å². The van der Waals surface area contributed by atoms with Crippen LogP contribution in [0.5, 0.6) is 0 Å². The second-order valence-electron chi connectivity index (χ2n) is 5.90. The predicted octanol–water partition coefficient (Wildman–Crippen LogP) is 3.00. The number of nitrogens with one attached hydrogen (secondary N) is 1. The van der Waals surface area contributed by atoms with Gasteiger partial charge in [-0.05, 0) is 32.1 Å². The van der Waals surface area contributed by atoms with Crippen molar-refractivity contribution in [3.63, 3.8) is 0 Å². The first kappa shape index (κ1) is 14.1. The lowest BCUT2D eigenvalue weighted by atomic mass is 9.75. The number of halogens is 3. The van der Waals surface area contributed by atoms with Crippen LogP contribution in [-0.4, -0.2) is 29.5 Å². The van der Waals surface area contributed by atoms with Gasteiger partial charge in [0.15, 0.2) is 0 Å². The molecule has 0 bridgehead atoms. The van der Waals surface area contributed by atoms with Gasteiger partial charge in [-0.2, -0.15) is 13.2 Å². The van der Waals surface area contributed by atoms with Crippen molar-refractivity contribution >= 4 is 0 Å². The Bertz CT molecular complexity index is 276. The van der Waals surface area contributed by atoms with Crippen molar-refractivity contribution in [3.05, 3.63) is 0 Å². The molecule has 0 aromatic heterocycles. The molecule has 2 saturated carbocycles. The monoisotopic (exact) mass is 265 g/mol. The summed E-state index contributed by atoms with van der Waals surface area (Å²) in [5.74, 6) is -1.26. The normalized spacial score (nSPS) is 35.0. The first-order valence-electron chi connectivity index (χ1n) is 6.90. The molecule has 0 aromatic carbocycles. The molecule has 0 aliphatic heterocycles. The molecule has 5 heteroatoms. The molecule has 2 aliphatic rings. The lowest BCUT2D eigenvalue weighted by molar-refractivity contribution is -0.190. The molecule has 2 aliphatic carbocycles. The summed E-state index contributed by atoms with van der Waals surface area (Å²) in [4.78, 5) is 0. The highest BCUT2D eigenvalue weighted by molar-refractivity contribution is 4.97. The van der Waals surface area contributed by atoms with E-state index in [0.717, 1.165) is 25.7 Å². The number of alkyl halides is 3. The molecular weight excluding hydrogens is 243 g/mol. The van der Waals surface area contributed by atoms with Crippen molar-refractivity contribution in [2.45, 2.75) is 69.1 Å². The molecule has 0 spiro atoms. The maximum atomic E-state index is 12.8. The highest BCUT2D eigenvalue weighted by Crippen LogP contribution is 2.42. The van der Waals surface area contributed by atoms with Crippen molar-refractivity contribution in [3.8, 4) is 0 Å². The zero-order chi connectivity index (χ0) is 13.2. The van der Waals surface area contributed by atoms with Crippen LogP contribution < -0.4 is 5.32 Å². The molecule has 18 heavy (non-hydrogen) atoms. The Hall–Kier alpha value is -0.290. The zero-order valence-electron chi connectivity index (χ0n) is 10.6. The standard InChI is InChI=1S/C13H22F3NO/c14-13(15,16)10-4-3-7-12(8-10,9-18)17-11-5-1-2-6-11/h10-11,17-18H,1-9H2. The Morgan fingerprint density at radius 1 is 1.11 bits per heavy atom. The van der Waals surface area contributed by atoms with Crippen LogP contribution in [0.2, 0.25) is 0 Å². The second kappa shape index (κ2) is 5.37. The Kier molecular flexibility index (Phi) is 4.22. The molecule has 0 saturated heterocycles. The lowest BCUT2D eigenvalue weighted by Gasteiger charge is -2.42. The summed E-state index contributed by atoms with van der Waals surface area (Å²) >= 11 is 0. The summed E-state index contributed by atoms with van der Waals surface area (Å²) < 4.78 is 38.5. The van der Waals surface area contributed by atoms with Gasteiger partial charge in [0.1, 0.15) is 0 Å². The summed E-state index contributed by atoms with van der Waals surface area (Å²) in [5.41, 5.74) is -0.701. The van der Waals surface area contributed by atoms with Gasteiger partial charge in [-0.25, -0.2) is 0 Å². The Balaban J connectivity index is 2.01. The average molecular weight is 265 g/mol. The minimum atomic E-state index is -4.13. The third-order valence-electron chi connectivity index (χ3n) is 4.48. The number of hydrogen-bond acceptors (Lipinski definition) is 2. The molecule has 2 fully saturated rings. The smallest absolute Gasteiger partial charge is 0.391 e. The van der Waals surface area contributed by atoms with Gasteiger partial charge in [-0.15, -0.1) is 0 Å². The van der Waals surface area contributed by atoms with E-state index < -0.39 is 17.6 Å². The SMILES string of the molecule is OCC1(NC2CCCC2)CCCC(C(F)(F)F)C1. The summed E-state index contributed by atoms with van der Waals surface area (Å²) in [5, 5.41) is 12.9. The van der Waals surface area contributed by atoms with Crippen LogP contribution in [-0.2, 0) is 0 Å². The maximum Gasteiger partial charge on any atom is 0.391 e. The van der Waals surface area contributed by atoms with E-state index in [9.17, 15) is 18.3 Å². The summed E-state index contributed by atoms with van der Waals surface area (Å²) in [6, 6.07) is 0.295. The van der Waals surface area contributed by atoms with Gasteiger partial charge < -0.3 is 10.4 Å². The molecule has 2 unspecified atom stereocenters. The van der Waals surface area contributed by atoms with Crippen LogP contribution in [0.15, 0.2) is 0 Å². The summed E-state index contributed by atoms with van der Waals surface area (Å²) in [6.07, 6.45) is 1.65. The number of aliphatic hydroxyl groups excluding tert-OH is 1. The molecule has 2 atom stereocenters. The number of aliphatic hydroxyl groups is 1. The minimum absolute atomic E-state index is 0.0312. The van der Waals surface area contributed by atoms with E-state index in [0.29, 0.717) is 18.9 Å². The third-order valence-corrected chi connectivity index (χ3v) is 4.48. The van der Waals surface area contributed by atoms with E-state index in [-0.39, 0.29) is 19.4 Å². The van der Waals surface area contributed by atoms with Crippen LogP contribution in [0, 0.1) is 5.92 Å². The van der Waals surface area contributed by atoms with Crippen LogP contribution in [0.3, 0.4) is 0 Å². The van der Waals surface area contributed by atoms with Gasteiger partial charge in [0.2, 0.25) is 0 Å². The Morgan fingerprint density at radius 3 is 2.33 bits per heavy atom. The molecule has 0 aromatic rings. The van der Waals surface area contributed by atoms with Crippen molar-refractivity contribution in [1.29, 1.82) is 0 Å². The highest BCUT2D eigenvalue weighted by atomic mass is 19.4. The van der Waals surface area contributed by atoms with Crippen molar-refractivity contribution in [1.82, 2.24) is 5.32 Å². The first-order valence-corrected chi connectivity index (χ1v) is 6.90. The van der Waals surface area contributed by atoms with Crippen LogP contribution in [0.25, 0.3) is 0 Å². The van der Waals surface area contributed by atoms with Gasteiger partial charge in [0, 0.05) is 11.6 Å². The Morgan fingerprint density at radius 2 is 1.78 bits per heavy atom. The predicted molar refractivity (Wildman–Crippen MR) is 63.2 cm³/mol. The van der Waals surface area contributed by atoms with Crippen molar-refractivity contribution in [2.75, 3.05) is 6.61 Å². The number of rotatable bonds is 3. The Labute approximate surface area is 106 Å². The van der Waals surface area contributed by atoms with Crippen LogP contribution in [0.1, 0.15) is 51.4 Å². The molecule has 2 N–H and O–H groups in total. The zero-order valence-corrected chi connectivity index (χ0v) is 10.6. The van der Waals surface area contributed by atoms with E-state index in [4.69, 9.17) is 0 Å². The quantitative estimate of drug-likeness (QED) is 0.822. The van der Waals surface area contributed by atoms with E-state index in [2.05, 4.69) is 5.32 Å². The van der Waals surface area contributed by atoms with Gasteiger partial charge in [0.05, 0.1) is 12.5 Å². The molecule has 0 heterocycles. The lowest BCUT2D eigenvalue weighted by Crippen LogP contribution is -2.56. The molecular formula is C13H22F3NO. The van der Waals surface area contributed by atoms with Crippen LogP contribution in [0.4, 0.5) is 13.2 Å². The fraction of sp³-hybridized carbons (Fsp3) is 1.00. The fourth-order valence-electron chi connectivity index (χ4n) is 3.47. The molecule has 2 rings (SSSR count). The van der Waals surface area contributed by atoms with Crippen molar-refractivity contribution in [2.24, 2.45) is 5.92 Å². The maximum absolute atomic E-state index is 12.8. The third kappa shape index (κ3) is 3.18. The largest absolute Gasteiger partial charge is 0.394 e. The van der Waals surface area contributed by atoms with E-state index in [1.807, 2.05) is 0 Å². The topological polar surface area (TPSA) is 32.3 Å². The van der Waals surface area contributed by atoms with Gasteiger partial charge >= 0.3 is 6.18 Å². The van der Waals surface area contributed by atoms with Gasteiger partial charge in [0.25, 0.3) is 0 Å². The van der Waals surface area contributed by atoms with E-state index in [1.54, 1.807) is 0 Å².